The zero-order valence-electron chi connectivity index (χ0n) is 22.2. The van der Waals surface area contributed by atoms with Crippen molar-refractivity contribution in [1.29, 1.82) is 0 Å². The molecule has 1 saturated carbocycles. The SMILES string of the molecule is C[C@H]1[C@@H](CCNCCCNc2ccnc3cc(Cl)ccc23)O[C@@H]2O[C@@]3(C)CC[C@H]4[C@H](C)CC[C@@H]1[C@@]24OO3. The largest absolute Gasteiger partial charge is 0.384 e. The summed E-state index contributed by atoms with van der Waals surface area (Å²) in [7, 11) is 0. The summed E-state index contributed by atoms with van der Waals surface area (Å²) in [6.07, 6.45) is 7.94. The molecule has 37 heavy (non-hydrogen) atoms. The van der Waals surface area contributed by atoms with E-state index in [1.165, 1.54) is 6.42 Å². The molecule has 8 heteroatoms. The molecular weight excluding hydrogens is 490 g/mol. The van der Waals surface area contributed by atoms with E-state index in [1.807, 2.05) is 37.4 Å². The lowest BCUT2D eigenvalue weighted by Crippen LogP contribution is -2.70. The minimum Gasteiger partial charge on any atom is -0.384 e. The Morgan fingerprint density at radius 3 is 2.84 bits per heavy atom. The molecule has 2 aromatic rings. The maximum absolute atomic E-state index is 6.70. The van der Waals surface area contributed by atoms with Crippen molar-refractivity contribution in [3.63, 3.8) is 0 Å². The molecule has 8 atom stereocenters. The van der Waals surface area contributed by atoms with Gasteiger partial charge >= 0.3 is 0 Å². The molecule has 0 unspecified atom stereocenters. The van der Waals surface area contributed by atoms with Crippen LogP contribution in [0, 0.1) is 23.7 Å². The van der Waals surface area contributed by atoms with Gasteiger partial charge in [0.05, 0.1) is 11.6 Å². The van der Waals surface area contributed by atoms with Gasteiger partial charge < -0.3 is 20.1 Å². The molecule has 2 bridgehead atoms. The number of nitrogens with zero attached hydrogens (tertiary/aromatic N) is 1. The molecule has 1 aromatic carbocycles. The first kappa shape index (κ1) is 25.8. The monoisotopic (exact) mass is 529 g/mol. The molecule has 1 aromatic heterocycles. The van der Waals surface area contributed by atoms with Gasteiger partial charge in [0.15, 0.2) is 11.9 Å². The van der Waals surface area contributed by atoms with E-state index in [2.05, 4.69) is 29.5 Å². The number of ether oxygens (including phenoxy) is 2. The van der Waals surface area contributed by atoms with Crippen molar-refractivity contribution in [2.45, 2.75) is 83.1 Å². The van der Waals surface area contributed by atoms with Crippen LogP contribution in [0.25, 0.3) is 10.9 Å². The molecule has 7 rings (SSSR count). The average Bonchev–Trinajstić information content (AvgIpc) is 3.12. The number of hydrogen-bond acceptors (Lipinski definition) is 7. The Balaban J connectivity index is 1.00. The van der Waals surface area contributed by atoms with Gasteiger partial charge in [0.25, 0.3) is 0 Å². The van der Waals surface area contributed by atoms with Gasteiger partial charge in [0.2, 0.25) is 5.79 Å². The normalized spacial score (nSPS) is 38.8. The van der Waals surface area contributed by atoms with Gasteiger partial charge in [-0.25, -0.2) is 9.78 Å². The second kappa shape index (κ2) is 10.2. The summed E-state index contributed by atoms with van der Waals surface area (Å²) in [5.74, 6) is 1.11. The Morgan fingerprint density at radius 2 is 1.95 bits per heavy atom. The van der Waals surface area contributed by atoms with Crippen LogP contribution in [0.15, 0.2) is 30.5 Å². The molecule has 0 amide bonds. The third kappa shape index (κ3) is 4.66. The third-order valence-electron chi connectivity index (χ3n) is 9.45. The first-order valence-corrected chi connectivity index (χ1v) is 14.5. The fourth-order valence-electron chi connectivity index (χ4n) is 7.39. The first-order valence-electron chi connectivity index (χ1n) is 14.1. The van der Waals surface area contributed by atoms with Gasteiger partial charge in [0.1, 0.15) is 0 Å². The smallest absolute Gasteiger partial charge is 0.201 e. The van der Waals surface area contributed by atoms with Crippen molar-refractivity contribution in [2.75, 3.05) is 25.0 Å². The van der Waals surface area contributed by atoms with E-state index in [0.29, 0.717) is 28.7 Å². The van der Waals surface area contributed by atoms with Crippen LogP contribution in [0.1, 0.15) is 59.3 Å². The predicted molar refractivity (Wildman–Crippen MR) is 144 cm³/mol. The number of hydrogen-bond donors (Lipinski definition) is 2. The first-order chi connectivity index (χ1) is 17.9. The number of halogens is 1. The van der Waals surface area contributed by atoms with Gasteiger partial charge in [0, 0.05) is 41.2 Å². The van der Waals surface area contributed by atoms with Gasteiger partial charge in [-0.2, -0.15) is 0 Å². The summed E-state index contributed by atoms with van der Waals surface area (Å²) in [4.78, 5) is 16.6. The topological polar surface area (TPSA) is 73.9 Å². The lowest BCUT2D eigenvalue weighted by Gasteiger charge is -2.60. The molecule has 202 valence electrons. The minimum atomic E-state index is -0.708. The lowest BCUT2D eigenvalue weighted by atomic mass is 9.57. The molecule has 5 aliphatic rings. The minimum absolute atomic E-state index is 0.155. The number of anilines is 1. The molecular formula is C29H40ClN3O4. The van der Waals surface area contributed by atoms with Crippen molar-refractivity contribution in [3.05, 3.63) is 35.5 Å². The van der Waals surface area contributed by atoms with Crippen molar-refractivity contribution >= 4 is 28.2 Å². The maximum Gasteiger partial charge on any atom is 0.201 e. The van der Waals surface area contributed by atoms with Crippen LogP contribution in [0.3, 0.4) is 0 Å². The van der Waals surface area contributed by atoms with Gasteiger partial charge in [-0.1, -0.05) is 25.4 Å². The maximum atomic E-state index is 6.70. The van der Waals surface area contributed by atoms with Gasteiger partial charge in [-0.15, -0.1) is 0 Å². The van der Waals surface area contributed by atoms with Crippen LogP contribution in [-0.4, -0.2) is 48.4 Å². The van der Waals surface area contributed by atoms with Crippen LogP contribution in [-0.2, 0) is 19.2 Å². The molecule has 5 heterocycles. The van der Waals surface area contributed by atoms with E-state index in [1.54, 1.807) is 0 Å². The second-order valence-corrected chi connectivity index (χ2v) is 12.2. The van der Waals surface area contributed by atoms with E-state index in [0.717, 1.165) is 68.3 Å². The van der Waals surface area contributed by atoms with Crippen LogP contribution >= 0.6 is 11.6 Å². The van der Waals surface area contributed by atoms with Crippen LogP contribution in [0.5, 0.6) is 0 Å². The van der Waals surface area contributed by atoms with Crippen molar-refractivity contribution < 1.29 is 19.2 Å². The van der Waals surface area contributed by atoms with Crippen molar-refractivity contribution in [2.24, 2.45) is 23.7 Å². The summed E-state index contributed by atoms with van der Waals surface area (Å²) >= 11 is 6.11. The number of benzene rings is 1. The third-order valence-corrected chi connectivity index (χ3v) is 9.69. The van der Waals surface area contributed by atoms with E-state index in [4.69, 9.17) is 30.8 Å². The fourth-order valence-corrected chi connectivity index (χ4v) is 7.56. The number of nitrogens with one attached hydrogen (secondary N) is 2. The van der Waals surface area contributed by atoms with E-state index >= 15 is 0 Å². The zero-order chi connectivity index (χ0) is 25.6. The second-order valence-electron chi connectivity index (χ2n) is 11.8. The Kier molecular flexibility index (Phi) is 7.14. The van der Waals surface area contributed by atoms with Crippen LogP contribution < -0.4 is 10.6 Å². The standard InChI is InChI=1S/C29H40ClN3O4/c1-18-5-8-23-19(2)26(34-27-29(23)22(18)9-12-28(3,35-27)36-37-29)11-15-31-13-4-14-32-24-10-16-33-25-17-20(30)6-7-21(24)25/h6-7,10,16-19,22-23,26-27,31H,4-5,8-9,11-15H2,1-3H3,(H,32,33)/t18-,19-,22+,23+,26-,27-,28-,29-/m1/s1. The van der Waals surface area contributed by atoms with Gasteiger partial charge in [-0.05, 0) is 94.1 Å². The summed E-state index contributed by atoms with van der Waals surface area (Å²) in [6.45, 7) is 9.45. The molecule has 2 N–H and O–H groups in total. The predicted octanol–water partition coefficient (Wildman–Crippen LogP) is 5.92. The molecule has 7 nitrogen and oxygen atoms in total. The van der Waals surface area contributed by atoms with Crippen LogP contribution in [0.2, 0.25) is 5.02 Å². The Bertz CT molecular complexity index is 1120. The Labute approximate surface area is 224 Å². The quantitative estimate of drug-likeness (QED) is 0.325. The molecule has 5 fully saturated rings. The highest BCUT2D eigenvalue weighted by molar-refractivity contribution is 6.31. The highest BCUT2D eigenvalue weighted by Gasteiger charge is 2.69. The summed E-state index contributed by atoms with van der Waals surface area (Å²) in [5, 5.41) is 8.97. The lowest BCUT2D eigenvalue weighted by molar-refractivity contribution is -0.571. The molecule has 0 radical (unpaired) electrons. The number of pyridine rings is 1. The summed E-state index contributed by atoms with van der Waals surface area (Å²) < 4.78 is 13.2. The zero-order valence-corrected chi connectivity index (χ0v) is 22.9. The fraction of sp³-hybridized carbons (Fsp3) is 0.690. The molecule has 4 saturated heterocycles. The van der Waals surface area contributed by atoms with E-state index in [9.17, 15) is 0 Å². The Morgan fingerprint density at radius 1 is 1.05 bits per heavy atom. The number of fused-ring (bicyclic) bond motifs is 3. The van der Waals surface area contributed by atoms with E-state index in [-0.39, 0.29) is 12.4 Å². The molecule has 1 aliphatic carbocycles. The number of aromatic nitrogens is 1. The van der Waals surface area contributed by atoms with Gasteiger partial charge in [-0.3, -0.25) is 4.98 Å². The summed E-state index contributed by atoms with van der Waals surface area (Å²) in [6, 6.07) is 7.86. The van der Waals surface area contributed by atoms with Crippen LogP contribution in [0.4, 0.5) is 5.69 Å². The van der Waals surface area contributed by atoms with E-state index < -0.39 is 11.4 Å². The molecule has 4 aliphatic heterocycles. The highest BCUT2D eigenvalue weighted by Crippen LogP contribution is 2.60. The van der Waals surface area contributed by atoms with Crippen molar-refractivity contribution in [1.82, 2.24) is 10.3 Å². The summed E-state index contributed by atoms with van der Waals surface area (Å²) in [5.41, 5.74) is 1.54. The Hall–Kier alpha value is -1.48. The highest BCUT2D eigenvalue weighted by atomic mass is 35.5. The van der Waals surface area contributed by atoms with Crippen molar-refractivity contribution in [3.8, 4) is 0 Å². The number of rotatable bonds is 8. The average molecular weight is 530 g/mol. The molecule has 1 spiro atoms.